The maximum absolute atomic E-state index is 13.8. The zero-order valence-electron chi connectivity index (χ0n) is 7.89. The lowest BCUT2D eigenvalue weighted by molar-refractivity contribution is -0.0546. The second-order valence-electron chi connectivity index (χ2n) is 3.71. The summed E-state index contributed by atoms with van der Waals surface area (Å²) in [5, 5.41) is 2.88. The average Bonchev–Trinajstić information content (AvgIpc) is 2.72. The van der Waals surface area contributed by atoms with Gasteiger partial charge in [0.05, 0.1) is 11.7 Å². The first kappa shape index (κ1) is 9.65. The van der Waals surface area contributed by atoms with Gasteiger partial charge in [-0.1, -0.05) is 6.42 Å². The summed E-state index contributed by atoms with van der Waals surface area (Å²) < 4.78 is 27.6. The molecule has 1 aromatic heterocycles. The van der Waals surface area contributed by atoms with Crippen molar-refractivity contribution in [2.45, 2.75) is 31.2 Å². The summed E-state index contributed by atoms with van der Waals surface area (Å²) in [4.78, 5) is 2.58. The van der Waals surface area contributed by atoms with E-state index in [1.807, 2.05) is 0 Å². The van der Waals surface area contributed by atoms with E-state index >= 15 is 0 Å². The van der Waals surface area contributed by atoms with Gasteiger partial charge in [-0.05, 0) is 31.5 Å². The topological polar surface area (TPSA) is 27.8 Å². The molecule has 0 amide bonds. The number of alkyl halides is 2. The van der Waals surface area contributed by atoms with E-state index in [4.69, 9.17) is 0 Å². The van der Waals surface area contributed by atoms with Crippen LogP contribution in [0, 0.1) is 0 Å². The van der Waals surface area contributed by atoms with Crippen LogP contribution in [-0.4, -0.2) is 17.6 Å². The van der Waals surface area contributed by atoms with Crippen LogP contribution in [0.5, 0.6) is 0 Å². The second-order valence-corrected chi connectivity index (χ2v) is 3.71. The highest BCUT2D eigenvalue weighted by atomic mass is 19.3. The summed E-state index contributed by atoms with van der Waals surface area (Å²) in [6, 6.07) is 2.33. The molecule has 1 aliphatic heterocycles. The van der Waals surface area contributed by atoms with E-state index in [-0.39, 0.29) is 5.69 Å². The van der Waals surface area contributed by atoms with Gasteiger partial charge in [-0.2, -0.15) is 8.78 Å². The van der Waals surface area contributed by atoms with E-state index in [0.29, 0.717) is 13.0 Å². The molecule has 0 aromatic carbocycles. The van der Waals surface area contributed by atoms with E-state index in [9.17, 15) is 8.78 Å². The number of aromatic amines is 1. The number of H-pyrrole nitrogens is 1. The number of nitrogens with one attached hydrogen (secondary N) is 2. The fourth-order valence-corrected chi connectivity index (χ4v) is 1.89. The van der Waals surface area contributed by atoms with Crippen LogP contribution in [0.25, 0.3) is 0 Å². The van der Waals surface area contributed by atoms with Crippen LogP contribution in [-0.2, 0) is 5.92 Å². The zero-order chi connectivity index (χ0) is 10.0. The number of hydrogen-bond donors (Lipinski definition) is 2. The SMILES string of the molecule is FC(F)(c1ccc[nH]1)C1CCCCN1. The van der Waals surface area contributed by atoms with Gasteiger partial charge in [0.15, 0.2) is 0 Å². The lowest BCUT2D eigenvalue weighted by Gasteiger charge is -2.30. The average molecular weight is 200 g/mol. The Kier molecular flexibility index (Phi) is 2.54. The van der Waals surface area contributed by atoms with Crippen molar-refractivity contribution in [3.05, 3.63) is 24.0 Å². The van der Waals surface area contributed by atoms with E-state index in [1.54, 1.807) is 6.07 Å². The van der Waals surface area contributed by atoms with E-state index in [1.165, 1.54) is 12.3 Å². The number of aromatic nitrogens is 1. The Hall–Kier alpha value is -0.900. The third-order valence-corrected chi connectivity index (χ3v) is 2.71. The van der Waals surface area contributed by atoms with Crippen LogP contribution in [0.3, 0.4) is 0 Å². The summed E-state index contributed by atoms with van der Waals surface area (Å²) in [5.74, 6) is -2.77. The van der Waals surface area contributed by atoms with Crippen molar-refractivity contribution in [2.24, 2.45) is 0 Å². The Bertz CT molecular complexity index is 276. The van der Waals surface area contributed by atoms with Crippen molar-refractivity contribution in [1.29, 1.82) is 0 Å². The molecule has 1 atom stereocenters. The fourth-order valence-electron chi connectivity index (χ4n) is 1.89. The Morgan fingerprint density at radius 1 is 1.36 bits per heavy atom. The van der Waals surface area contributed by atoms with Gasteiger partial charge in [-0.25, -0.2) is 0 Å². The van der Waals surface area contributed by atoms with Gasteiger partial charge in [0.2, 0.25) is 0 Å². The largest absolute Gasteiger partial charge is 0.360 e. The normalized spacial score (nSPS) is 23.7. The van der Waals surface area contributed by atoms with Crippen molar-refractivity contribution in [3.63, 3.8) is 0 Å². The third-order valence-electron chi connectivity index (χ3n) is 2.71. The highest BCUT2D eigenvalue weighted by molar-refractivity contribution is 5.13. The maximum atomic E-state index is 13.8. The van der Waals surface area contributed by atoms with Crippen molar-refractivity contribution in [1.82, 2.24) is 10.3 Å². The monoisotopic (exact) mass is 200 g/mol. The molecule has 1 aliphatic rings. The summed E-state index contributed by atoms with van der Waals surface area (Å²) in [6.45, 7) is 0.695. The van der Waals surface area contributed by atoms with E-state index < -0.39 is 12.0 Å². The molecule has 2 rings (SSSR count). The number of piperidine rings is 1. The van der Waals surface area contributed by atoms with E-state index in [2.05, 4.69) is 10.3 Å². The van der Waals surface area contributed by atoms with Gasteiger partial charge in [0.25, 0.3) is 0 Å². The van der Waals surface area contributed by atoms with Crippen LogP contribution in [0.1, 0.15) is 25.0 Å². The van der Waals surface area contributed by atoms with Gasteiger partial charge in [-0.3, -0.25) is 0 Å². The Balaban J connectivity index is 2.14. The summed E-state index contributed by atoms with van der Waals surface area (Å²) in [7, 11) is 0. The minimum atomic E-state index is -2.77. The first-order valence-corrected chi connectivity index (χ1v) is 4.96. The van der Waals surface area contributed by atoms with Crippen molar-refractivity contribution in [3.8, 4) is 0 Å². The van der Waals surface area contributed by atoms with Crippen LogP contribution < -0.4 is 5.32 Å². The van der Waals surface area contributed by atoms with Crippen molar-refractivity contribution >= 4 is 0 Å². The molecule has 0 radical (unpaired) electrons. The first-order chi connectivity index (χ1) is 6.71. The highest BCUT2D eigenvalue weighted by Gasteiger charge is 2.42. The molecular formula is C10H14F2N2. The van der Waals surface area contributed by atoms with Crippen molar-refractivity contribution in [2.75, 3.05) is 6.54 Å². The molecule has 4 heteroatoms. The molecular weight excluding hydrogens is 186 g/mol. The highest BCUT2D eigenvalue weighted by Crippen LogP contribution is 2.33. The van der Waals surface area contributed by atoms with Crippen LogP contribution >= 0.6 is 0 Å². The quantitative estimate of drug-likeness (QED) is 0.753. The minimum Gasteiger partial charge on any atom is -0.360 e. The molecule has 78 valence electrons. The summed E-state index contributed by atoms with van der Waals surface area (Å²) in [6.07, 6.45) is 3.96. The molecule has 1 aromatic rings. The zero-order valence-corrected chi connectivity index (χ0v) is 7.89. The van der Waals surface area contributed by atoms with Gasteiger partial charge >= 0.3 is 5.92 Å². The smallest absolute Gasteiger partial charge is 0.302 e. The Morgan fingerprint density at radius 3 is 2.79 bits per heavy atom. The molecule has 0 spiro atoms. The lowest BCUT2D eigenvalue weighted by Crippen LogP contribution is -2.46. The van der Waals surface area contributed by atoms with Crippen LogP contribution in [0.4, 0.5) is 8.78 Å². The van der Waals surface area contributed by atoms with Crippen LogP contribution in [0.15, 0.2) is 18.3 Å². The van der Waals surface area contributed by atoms with Crippen LogP contribution in [0.2, 0.25) is 0 Å². The third kappa shape index (κ3) is 1.66. The minimum absolute atomic E-state index is 0.0110. The molecule has 1 fully saturated rings. The predicted molar refractivity (Wildman–Crippen MR) is 50.3 cm³/mol. The number of rotatable bonds is 2. The summed E-state index contributed by atoms with van der Waals surface area (Å²) >= 11 is 0. The van der Waals surface area contributed by atoms with Gasteiger partial charge in [-0.15, -0.1) is 0 Å². The molecule has 2 nitrogen and oxygen atoms in total. The Labute approximate surface area is 81.7 Å². The van der Waals surface area contributed by atoms with Gasteiger partial charge in [0.1, 0.15) is 0 Å². The predicted octanol–water partition coefficient (Wildman–Crippen LogP) is 2.25. The standard InChI is InChI=1S/C10H14F2N2/c11-10(12,9-5-3-7-14-9)8-4-1-2-6-13-8/h3,5,7-8,13-14H,1-2,4,6H2. The second kappa shape index (κ2) is 3.69. The molecule has 0 saturated carbocycles. The molecule has 1 saturated heterocycles. The number of halogens is 2. The molecule has 0 bridgehead atoms. The molecule has 1 unspecified atom stereocenters. The lowest BCUT2D eigenvalue weighted by atomic mass is 9.97. The van der Waals surface area contributed by atoms with Crippen molar-refractivity contribution < 1.29 is 8.78 Å². The molecule has 0 aliphatic carbocycles. The Morgan fingerprint density at radius 2 is 2.21 bits per heavy atom. The molecule has 2 heterocycles. The molecule has 2 N–H and O–H groups in total. The number of hydrogen-bond acceptors (Lipinski definition) is 1. The molecule has 14 heavy (non-hydrogen) atoms. The van der Waals surface area contributed by atoms with Gasteiger partial charge < -0.3 is 10.3 Å². The van der Waals surface area contributed by atoms with Gasteiger partial charge in [0, 0.05) is 6.20 Å². The maximum Gasteiger partial charge on any atom is 0.302 e. The van der Waals surface area contributed by atoms with E-state index in [0.717, 1.165) is 12.8 Å². The summed E-state index contributed by atoms with van der Waals surface area (Å²) in [5.41, 5.74) is 0.0110. The first-order valence-electron chi connectivity index (χ1n) is 4.96. The fraction of sp³-hybridized carbons (Fsp3) is 0.600.